The second kappa shape index (κ2) is 17.8. The first-order valence-corrected chi connectivity index (χ1v) is 19.9. The van der Waals surface area contributed by atoms with Gasteiger partial charge in [-0.2, -0.15) is 0 Å². The van der Waals surface area contributed by atoms with E-state index in [0.717, 1.165) is 17.7 Å². The summed E-state index contributed by atoms with van der Waals surface area (Å²) in [4.78, 5) is 88.2. The van der Waals surface area contributed by atoms with Crippen LogP contribution >= 0.6 is 0 Å². The highest BCUT2D eigenvalue weighted by Crippen LogP contribution is 2.36. The zero-order valence-electron chi connectivity index (χ0n) is 33.3. The zero-order valence-corrected chi connectivity index (χ0v) is 33.3. The van der Waals surface area contributed by atoms with E-state index < -0.39 is 108 Å². The van der Waals surface area contributed by atoms with Crippen LogP contribution in [0.15, 0.2) is 42.5 Å². The smallest absolute Gasteiger partial charge is 0.323 e. The van der Waals surface area contributed by atoms with Gasteiger partial charge in [0.1, 0.15) is 54.7 Å². The highest BCUT2D eigenvalue weighted by Gasteiger charge is 2.48. The fourth-order valence-corrected chi connectivity index (χ4v) is 8.48. The van der Waals surface area contributed by atoms with Crippen LogP contribution in [0, 0.1) is 24.0 Å². The van der Waals surface area contributed by atoms with Crippen molar-refractivity contribution in [2.75, 3.05) is 31.6 Å². The molecule has 0 spiro atoms. The molecule has 4 aliphatic rings. The van der Waals surface area contributed by atoms with Gasteiger partial charge in [0.05, 0.1) is 6.04 Å². The van der Waals surface area contributed by atoms with Crippen molar-refractivity contribution < 1.29 is 47.4 Å². The van der Waals surface area contributed by atoms with Gasteiger partial charge in [0.15, 0.2) is 0 Å². The van der Waals surface area contributed by atoms with E-state index >= 15 is 0 Å². The number of hydrogen-bond acceptors (Lipinski definition) is 9. The minimum Gasteiger partial charge on any atom is -0.462 e. The van der Waals surface area contributed by atoms with Crippen LogP contribution in [-0.2, 0) is 35.1 Å². The van der Waals surface area contributed by atoms with Crippen molar-refractivity contribution in [2.45, 2.75) is 115 Å². The summed E-state index contributed by atoms with van der Waals surface area (Å²) in [5, 5.41) is 22.2. The summed E-state index contributed by atoms with van der Waals surface area (Å²) < 4.78 is 34.4. The van der Waals surface area contributed by atoms with Gasteiger partial charge in [0, 0.05) is 37.8 Å². The van der Waals surface area contributed by atoms with Crippen LogP contribution in [0.4, 0.5) is 19.3 Å². The number of piperidine rings is 1. The summed E-state index contributed by atoms with van der Waals surface area (Å²) in [6.07, 6.45) is 1.02. The van der Waals surface area contributed by atoms with Crippen LogP contribution in [0.5, 0.6) is 0 Å². The number of benzene rings is 2. The Morgan fingerprint density at radius 1 is 0.931 bits per heavy atom. The maximum Gasteiger partial charge on any atom is 0.323 e. The van der Waals surface area contributed by atoms with Crippen molar-refractivity contribution in [1.82, 2.24) is 30.7 Å². The number of fused-ring (bicyclic) bond motifs is 3. The topological polar surface area (TPSA) is 190 Å². The molecule has 5 N–H and O–H groups in total. The van der Waals surface area contributed by atoms with E-state index in [-0.39, 0.29) is 38.0 Å². The number of rotatable bonds is 6. The van der Waals surface area contributed by atoms with Crippen LogP contribution in [0.2, 0.25) is 0 Å². The molecule has 4 unspecified atom stereocenters. The number of aryl methyl sites for hydroxylation is 1. The van der Waals surface area contributed by atoms with Crippen molar-refractivity contribution in [3.8, 4) is 0 Å². The van der Waals surface area contributed by atoms with Gasteiger partial charge in [0.25, 0.3) is 0 Å². The van der Waals surface area contributed by atoms with Crippen LogP contribution in [0.25, 0.3) is 0 Å². The molecular formula is C41H53F2N7O8. The van der Waals surface area contributed by atoms with E-state index in [1.807, 2.05) is 20.8 Å². The SMILES string of the molecule is Cc1ccc(NC(=O)N[C@@H](Cc2cc(F)cc(F)c2)C(=O)N[C@H]2COC(=O)C3CC(C)(C)CN3C(O)[C@H](C)NC(=O)C3CCCCN3C(=O)C3CCCN3C2=O)cc1. The molecule has 6 amide bonds. The Morgan fingerprint density at radius 3 is 2.29 bits per heavy atom. The van der Waals surface area contributed by atoms with Crippen LogP contribution in [0.1, 0.15) is 70.4 Å². The Kier molecular flexibility index (Phi) is 13.0. The molecule has 0 bridgehead atoms. The first-order valence-electron chi connectivity index (χ1n) is 19.9. The van der Waals surface area contributed by atoms with Gasteiger partial charge in [-0.15, -0.1) is 0 Å². The number of nitrogens with zero attached hydrogens (tertiary/aromatic N) is 3. The Hall–Kier alpha value is -5.16. The number of aliphatic hydroxyl groups excluding tert-OH is 1. The van der Waals surface area contributed by atoms with E-state index in [0.29, 0.717) is 37.4 Å². The summed E-state index contributed by atoms with van der Waals surface area (Å²) in [6.45, 7) is 7.36. The molecule has 314 valence electrons. The van der Waals surface area contributed by atoms with E-state index in [4.69, 9.17) is 4.74 Å². The van der Waals surface area contributed by atoms with Crippen molar-refractivity contribution in [3.63, 3.8) is 0 Å². The number of carbonyl (C=O) groups excluding carboxylic acids is 6. The Labute approximate surface area is 336 Å². The standard InChI is InChI=1S/C41H53F2N7O8/c1-23-10-12-28(13-11-23)45-40(57)47-29(18-25-16-26(42)19-27(43)17-25)34(51)46-30-21-58-39(56)33-20-41(3,4)22-50(33)36(53)24(2)44-35(52)31-8-5-6-14-48(31)38(55)32-9-7-15-49(32)37(30)54/h10-13,16-17,19,24,29-33,36,53H,5-9,14-15,18,20-22H2,1-4H3,(H,44,52)(H,46,51)(H2,45,47,57)/t24-,29-,30-,31?,32?,33?,36?/m0/s1. The highest BCUT2D eigenvalue weighted by molar-refractivity contribution is 5.97. The number of hydrogen-bond donors (Lipinski definition) is 5. The van der Waals surface area contributed by atoms with Crippen LogP contribution < -0.4 is 21.3 Å². The van der Waals surface area contributed by atoms with E-state index in [2.05, 4.69) is 21.3 Å². The van der Waals surface area contributed by atoms with Crippen LogP contribution in [0.3, 0.4) is 0 Å². The fraction of sp³-hybridized carbons (Fsp3) is 0.561. The predicted molar refractivity (Wildman–Crippen MR) is 207 cm³/mol. The lowest BCUT2D eigenvalue weighted by atomic mass is 9.91. The third-order valence-electron chi connectivity index (χ3n) is 11.4. The summed E-state index contributed by atoms with van der Waals surface area (Å²) >= 11 is 0. The average Bonchev–Trinajstić information content (AvgIpc) is 3.79. The molecule has 4 heterocycles. The second-order valence-electron chi connectivity index (χ2n) is 16.7. The lowest BCUT2D eigenvalue weighted by molar-refractivity contribution is -0.159. The molecule has 0 aliphatic carbocycles. The van der Waals surface area contributed by atoms with Gasteiger partial charge < -0.3 is 40.9 Å². The third-order valence-corrected chi connectivity index (χ3v) is 11.4. The molecule has 15 nitrogen and oxygen atoms in total. The Balaban J connectivity index is 1.32. The maximum atomic E-state index is 14.5. The number of aliphatic hydroxyl groups is 1. The number of anilines is 1. The highest BCUT2D eigenvalue weighted by atomic mass is 19.1. The normalized spacial score (nSPS) is 27.4. The lowest BCUT2D eigenvalue weighted by Crippen LogP contribution is -2.62. The number of nitrogens with one attached hydrogen (secondary N) is 4. The van der Waals surface area contributed by atoms with Gasteiger partial charge >= 0.3 is 12.0 Å². The monoisotopic (exact) mass is 809 g/mol. The molecule has 0 radical (unpaired) electrons. The molecule has 0 saturated carbocycles. The van der Waals surface area contributed by atoms with Gasteiger partial charge in [0.2, 0.25) is 23.6 Å². The van der Waals surface area contributed by atoms with Crippen molar-refractivity contribution in [3.05, 3.63) is 65.2 Å². The zero-order chi connectivity index (χ0) is 41.9. The molecule has 2 aromatic carbocycles. The summed E-state index contributed by atoms with van der Waals surface area (Å²) in [6, 6.07) is 2.00. The number of halogens is 2. The summed E-state index contributed by atoms with van der Waals surface area (Å²) in [5.74, 6) is -5.14. The van der Waals surface area contributed by atoms with Gasteiger partial charge in [-0.05, 0) is 87.6 Å². The largest absolute Gasteiger partial charge is 0.462 e. The molecule has 7 atom stereocenters. The lowest BCUT2D eigenvalue weighted by Gasteiger charge is -2.40. The molecule has 4 aliphatic heterocycles. The molecule has 0 aromatic heterocycles. The quantitative estimate of drug-likeness (QED) is 0.273. The second-order valence-corrected chi connectivity index (χ2v) is 16.7. The van der Waals surface area contributed by atoms with E-state index in [1.165, 1.54) is 9.80 Å². The van der Waals surface area contributed by atoms with Gasteiger partial charge in [-0.1, -0.05) is 31.5 Å². The molecule has 6 rings (SSSR count). The molecule has 4 saturated heterocycles. The minimum absolute atomic E-state index is 0.0334. The van der Waals surface area contributed by atoms with E-state index in [1.54, 1.807) is 36.1 Å². The Morgan fingerprint density at radius 2 is 1.59 bits per heavy atom. The van der Waals surface area contributed by atoms with Gasteiger partial charge in [-0.25, -0.2) is 13.6 Å². The number of ether oxygens (including phenoxy) is 1. The van der Waals surface area contributed by atoms with Gasteiger partial charge in [-0.3, -0.25) is 28.9 Å². The Bertz CT molecular complexity index is 1880. The predicted octanol–water partition coefficient (Wildman–Crippen LogP) is 2.34. The third kappa shape index (κ3) is 9.92. The first kappa shape index (κ1) is 42.4. The minimum atomic E-state index is -1.57. The van der Waals surface area contributed by atoms with Crippen molar-refractivity contribution >= 4 is 41.3 Å². The maximum absolute atomic E-state index is 14.5. The molecule has 2 aromatic rings. The number of carbonyl (C=O) groups is 6. The number of esters is 1. The summed E-state index contributed by atoms with van der Waals surface area (Å²) in [5.41, 5.74) is 0.922. The van der Waals surface area contributed by atoms with E-state index in [9.17, 15) is 42.7 Å². The number of cyclic esters (lactones) is 1. The fourth-order valence-electron chi connectivity index (χ4n) is 8.48. The number of urea groups is 1. The number of amides is 6. The average molecular weight is 810 g/mol. The first-order chi connectivity index (χ1) is 27.5. The van der Waals surface area contributed by atoms with Crippen molar-refractivity contribution in [2.24, 2.45) is 5.41 Å². The molecule has 4 fully saturated rings. The van der Waals surface area contributed by atoms with Crippen LogP contribution in [-0.4, -0.2) is 124 Å². The molecular weight excluding hydrogens is 756 g/mol. The molecule has 58 heavy (non-hydrogen) atoms. The summed E-state index contributed by atoms with van der Waals surface area (Å²) in [7, 11) is 0. The molecule has 17 heteroatoms. The van der Waals surface area contributed by atoms with Crippen molar-refractivity contribution in [1.29, 1.82) is 0 Å².